The van der Waals surface area contributed by atoms with Crippen molar-refractivity contribution in [2.24, 2.45) is 0 Å². The van der Waals surface area contributed by atoms with E-state index in [1.54, 1.807) is 0 Å². The van der Waals surface area contributed by atoms with Gasteiger partial charge < -0.3 is 5.11 Å². The van der Waals surface area contributed by atoms with Crippen LogP contribution in [0.15, 0.2) is 24.4 Å². The topological polar surface area (TPSA) is 80.2 Å². The number of alkyl halides is 3. The summed E-state index contributed by atoms with van der Waals surface area (Å²) in [5.41, 5.74) is -0.327. The number of rotatable bonds is 4. The van der Waals surface area contributed by atoms with Crippen LogP contribution in [0.4, 0.5) is 13.2 Å². The summed E-state index contributed by atoms with van der Waals surface area (Å²) in [7, 11) is -3.92. The second-order valence-electron chi connectivity index (χ2n) is 4.80. The van der Waals surface area contributed by atoms with Crippen molar-refractivity contribution >= 4 is 33.0 Å². The van der Waals surface area contributed by atoms with Crippen LogP contribution in [0.2, 0.25) is 10.0 Å². The lowest BCUT2D eigenvalue weighted by Gasteiger charge is -2.09. The van der Waals surface area contributed by atoms with Crippen molar-refractivity contribution in [1.29, 1.82) is 0 Å². The minimum absolute atomic E-state index is 0.147. The molecule has 0 fully saturated rings. The van der Waals surface area contributed by atoms with Gasteiger partial charge in [0.25, 0.3) is 0 Å². The van der Waals surface area contributed by atoms with Crippen molar-refractivity contribution in [1.82, 2.24) is 9.97 Å². The molecule has 0 saturated heterocycles. The highest BCUT2D eigenvalue weighted by molar-refractivity contribution is 7.89. The average Bonchev–Trinajstić information content (AvgIpc) is 2.43. The molecule has 2 rings (SSSR count). The highest BCUT2D eigenvalue weighted by Gasteiger charge is 2.35. The van der Waals surface area contributed by atoms with Gasteiger partial charge in [0, 0.05) is 0 Å². The van der Waals surface area contributed by atoms with Crippen LogP contribution in [0, 0.1) is 0 Å². The SMILES string of the molecule is O=S(=O)(Cc1ccc(Cl)c(Cl)c1)Cc1nc(C(F)(F)F)ncc1O. The van der Waals surface area contributed by atoms with Crippen LogP contribution in [0.5, 0.6) is 5.75 Å². The molecule has 0 aliphatic heterocycles. The van der Waals surface area contributed by atoms with Crippen LogP contribution in [0.3, 0.4) is 0 Å². The van der Waals surface area contributed by atoms with E-state index in [9.17, 15) is 26.7 Å². The van der Waals surface area contributed by atoms with Crippen molar-refractivity contribution in [3.05, 3.63) is 51.5 Å². The Morgan fingerprint density at radius 3 is 2.38 bits per heavy atom. The Bertz CT molecular complexity index is 873. The molecular weight excluding hydrogens is 392 g/mol. The molecule has 1 aromatic carbocycles. The van der Waals surface area contributed by atoms with E-state index in [0.29, 0.717) is 11.8 Å². The molecule has 1 heterocycles. The quantitative estimate of drug-likeness (QED) is 0.847. The number of hydrogen-bond donors (Lipinski definition) is 1. The van der Waals surface area contributed by atoms with Gasteiger partial charge in [-0.2, -0.15) is 13.2 Å². The van der Waals surface area contributed by atoms with Gasteiger partial charge in [0.05, 0.1) is 27.7 Å². The van der Waals surface area contributed by atoms with Gasteiger partial charge in [0.15, 0.2) is 15.6 Å². The summed E-state index contributed by atoms with van der Waals surface area (Å²) < 4.78 is 62.0. The first-order valence-electron chi connectivity index (χ1n) is 6.24. The molecule has 5 nitrogen and oxygen atoms in total. The van der Waals surface area contributed by atoms with Crippen LogP contribution in [-0.2, 0) is 27.5 Å². The summed E-state index contributed by atoms with van der Waals surface area (Å²) in [6, 6.07) is 4.16. The van der Waals surface area contributed by atoms with Crippen LogP contribution < -0.4 is 0 Å². The molecule has 0 bridgehead atoms. The largest absolute Gasteiger partial charge is 0.504 e. The number of hydrogen-bond acceptors (Lipinski definition) is 5. The number of aromatic nitrogens is 2. The van der Waals surface area contributed by atoms with Gasteiger partial charge in [0.2, 0.25) is 5.82 Å². The second-order valence-corrected chi connectivity index (χ2v) is 7.68. The van der Waals surface area contributed by atoms with Crippen LogP contribution in [0.1, 0.15) is 17.1 Å². The maximum atomic E-state index is 12.6. The van der Waals surface area contributed by atoms with Crippen molar-refractivity contribution in [2.45, 2.75) is 17.7 Å². The predicted molar refractivity (Wildman–Crippen MR) is 81.5 cm³/mol. The molecule has 0 radical (unpaired) electrons. The Labute approximate surface area is 145 Å². The standard InChI is InChI=1S/C13H9Cl2F3N2O3S/c14-8-2-1-7(3-9(8)15)5-24(22,23)6-10-11(21)4-19-12(20-10)13(16,17)18/h1-4,21H,5-6H2. The smallest absolute Gasteiger partial charge is 0.451 e. The van der Waals surface area contributed by atoms with Crippen molar-refractivity contribution < 1.29 is 26.7 Å². The van der Waals surface area contributed by atoms with Crippen LogP contribution in [-0.4, -0.2) is 23.5 Å². The van der Waals surface area contributed by atoms with E-state index in [2.05, 4.69) is 9.97 Å². The number of sulfone groups is 1. The third kappa shape index (κ3) is 4.71. The number of benzene rings is 1. The monoisotopic (exact) mass is 400 g/mol. The Kier molecular flexibility index (Phi) is 5.26. The summed E-state index contributed by atoms with van der Waals surface area (Å²) in [5, 5.41) is 9.90. The van der Waals surface area contributed by atoms with Crippen molar-refractivity contribution in [3.63, 3.8) is 0 Å². The Balaban J connectivity index is 2.27. The highest BCUT2D eigenvalue weighted by atomic mass is 35.5. The molecule has 11 heteroatoms. The lowest BCUT2D eigenvalue weighted by Crippen LogP contribution is -2.15. The summed E-state index contributed by atoms with van der Waals surface area (Å²) >= 11 is 11.5. The zero-order chi connectivity index (χ0) is 18.1. The minimum Gasteiger partial charge on any atom is -0.504 e. The minimum atomic E-state index is -4.85. The summed E-state index contributed by atoms with van der Waals surface area (Å²) in [4.78, 5) is 6.02. The van der Waals surface area contributed by atoms with E-state index in [-0.39, 0.29) is 10.0 Å². The lowest BCUT2D eigenvalue weighted by atomic mass is 10.2. The maximum absolute atomic E-state index is 12.6. The van der Waals surface area contributed by atoms with Gasteiger partial charge in [-0.1, -0.05) is 29.3 Å². The molecule has 0 spiro atoms. The fraction of sp³-hybridized carbons (Fsp3) is 0.231. The molecule has 0 amide bonds. The molecule has 130 valence electrons. The first kappa shape index (κ1) is 18.8. The molecule has 1 N–H and O–H groups in total. The first-order chi connectivity index (χ1) is 11.0. The number of nitrogens with zero attached hydrogens (tertiary/aromatic N) is 2. The second kappa shape index (κ2) is 6.73. The molecule has 0 saturated carbocycles. The van der Waals surface area contributed by atoms with Crippen LogP contribution >= 0.6 is 23.2 Å². The van der Waals surface area contributed by atoms with Gasteiger partial charge in [-0.25, -0.2) is 18.4 Å². The molecule has 1 aromatic heterocycles. The lowest BCUT2D eigenvalue weighted by molar-refractivity contribution is -0.145. The number of halogens is 5. The Morgan fingerprint density at radius 2 is 1.79 bits per heavy atom. The molecule has 0 aliphatic rings. The van der Waals surface area contributed by atoms with Gasteiger partial charge >= 0.3 is 6.18 Å². The van der Waals surface area contributed by atoms with Crippen molar-refractivity contribution in [3.8, 4) is 5.75 Å². The van der Waals surface area contributed by atoms with E-state index >= 15 is 0 Å². The van der Waals surface area contributed by atoms with Gasteiger partial charge in [-0.05, 0) is 17.7 Å². The Morgan fingerprint density at radius 1 is 1.12 bits per heavy atom. The number of aromatic hydroxyl groups is 1. The molecule has 24 heavy (non-hydrogen) atoms. The summed E-state index contributed by atoms with van der Waals surface area (Å²) in [6.45, 7) is 0. The van der Waals surface area contributed by atoms with Gasteiger partial charge in [-0.3, -0.25) is 0 Å². The van der Waals surface area contributed by atoms with E-state index in [4.69, 9.17) is 23.2 Å². The van der Waals surface area contributed by atoms with E-state index in [0.717, 1.165) is 0 Å². The average molecular weight is 401 g/mol. The molecule has 0 aliphatic carbocycles. The molecule has 0 unspecified atom stereocenters. The Hall–Kier alpha value is -1.58. The normalized spacial score (nSPS) is 12.4. The summed E-state index contributed by atoms with van der Waals surface area (Å²) in [6.07, 6.45) is -4.34. The third-order valence-electron chi connectivity index (χ3n) is 2.83. The van der Waals surface area contributed by atoms with E-state index in [1.165, 1.54) is 18.2 Å². The van der Waals surface area contributed by atoms with E-state index in [1.807, 2.05) is 0 Å². The molecule has 0 atom stereocenters. The first-order valence-corrected chi connectivity index (χ1v) is 8.82. The predicted octanol–water partition coefficient (Wildman–Crippen LogP) is 3.62. The van der Waals surface area contributed by atoms with Gasteiger partial charge in [-0.15, -0.1) is 0 Å². The maximum Gasteiger partial charge on any atom is 0.451 e. The van der Waals surface area contributed by atoms with Crippen molar-refractivity contribution in [2.75, 3.05) is 0 Å². The fourth-order valence-corrected chi connectivity index (χ4v) is 3.54. The zero-order valence-electron chi connectivity index (χ0n) is 11.7. The zero-order valence-corrected chi connectivity index (χ0v) is 14.0. The molecular formula is C13H9Cl2F3N2O3S. The van der Waals surface area contributed by atoms with Gasteiger partial charge in [0.1, 0.15) is 5.69 Å². The third-order valence-corrected chi connectivity index (χ3v) is 5.05. The fourth-order valence-electron chi connectivity index (χ4n) is 1.80. The summed E-state index contributed by atoms with van der Waals surface area (Å²) in [5.74, 6) is -3.65. The van der Waals surface area contributed by atoms with Crippen LogP contribution in [0.25, 0.3) is 0 Å². The van der Waals surface area contributed by atoms with E-state index < -0.39 is 44.8 Å². The molecule has 2 aromatic rings. The highest BCUT2D eigenvalue weighted by Crippen LogP contribution is 2.29.